The number of halogens is 2. The fourth-order valence-electron chi connectivity index (χ4n) is 3.40. The van der Waals surface area contributed by atoms with Gasteiger partial charge in [-0.1, -0.05) is 11.6 Å². The van der Waals surface area contributed by atoms with Gasteiger partial charge in [-0.05, 0) is 37.5 Å². The summed E-state index contributed by atoms with van der Waals surface area (Å²) >= 11 is 5.72. The van der Waals surface area contributed by atoms with Crippen LogP contribution in [0.5, 0.6) is 0 Å². The van der Waals surface area contributed by atoms with Crippen LogP contribution in [-0.4, -0.2) is 60.4 Å². The van der Waals surface area contributed by atoms with Crippen LogP contribution in [0, 0.1) is 5.82 Å². The van der Waals surface area contributed by atoms with Crippen molar-refractivity contribution in [3.63, 3.8) is 0 Å². The van der Waals surface area contributed by atoms with Gasteiger partial charge in [-0.25, -0.2) is 4.39 Å². The molecule has 24 heavy (non-hydrogen) atoms. The first-order chi connectivity index (χ1) is 11.5. The normalized spacial score (nSPS) is 22.9. The second-order valence-corrected chi connectivity index (χ2v) is 6.88. The van der Waals surface area contributed by atoms with Crippen LogP contribution in [0.15, 0.2) is 18.2 Å². The highest BCUT2D eigenvalue weighted by atomic mass is 35.5. The Morgan fingerprint density at radius 1 is 1.25 bits per heavy atom. The summed E-state index contributed by atoms with van der Waals surface area (Å²) in [5, 5.41) is 2.92. The van der Waals surface area contributed by atoms with Crippen LogP contribution < -0.4 is 5.32 Å². The fourth-order valence-corrected chi connectivity index (χ4v) is 3.58. The Kier molecular flexibility index (Phi) is 5.06. The molecule has 1 unspecified atom stereocenters. The fraction of sp³-hybridized carbons (Fsp3) is 0.529. The predicted molar refractivity (Wildman–Crippen MR) is 89.5 cm³/mol. The minimum absolute atomic E-state index is 0.0115. The standard InChI is InChI=1S/C17H21ClFN3O2/c1-21-7-6-15(17(21)24)22-8-4-12(5-9-22)20-16(23)11-2-3-14(19)13(18)10-11/h2-3,10,12,15H,4-9H2,1H3,(H,20,23). The van der Waals surface area contributed by atoms with Gasteiger partial charge in [0.1, 0.15) is 5.82 Å². The highest BCUT2D eigenvalue weighted by Crippen LogP contribution is 2.21. The number of nitrogens with zero attached hydrogens (tertiary/aromatic N) is 2. The summed E-state index contributed by atoms with van der Waals surface area (Å²) in [4.78, 5) is 28.3. The number of hydrogen-bond acceptors (Lipinski definition) is 3. The molecule has 0 spiro atoms. The highest BCUT2D eigenvalue weighted by molar-refractivity contribution is 6.31. The number of amides is 2. The molecule has 130 valence electrons. The van der Waals surface area contributed by atoms with Gasteiger partial charge in [-0.3, -0.25) is 14.5 Å². The van der Waals surface area contributed by atoms with E-state index in [0.29, 0.717) is 5.56 Å². The maximum atomic E-state index is 13.2. The van der Waals surface area contributed by atoms with E-state index in [1.54, 1.807) is 4.90 Å². The Hall–Kier alpha value is -1.66. The minimum atomic E-state index is -0.535. The van der Waals surface area contributed by atoms with Crippen molar-refractivity contribution >= 4 is 23.4 Å². The number of hydrogen-bond donors (Lipinski definition) is 1. The number of benzene rings is 1. The summed E-state index contributed by atoms with van der Waals surface area (Å²) in [6.07, 6.45) is 2.47. The van der Waals surface area contributed by atoms with E-state index in [0.717, 1.165) is 38.9 Å². The second-order valence-electron chi connectivity index (χ2n) is 6.48. The molecular weight excluding hydrogens is 333 g/mol. The van der Waals surface area contributed by atoms with E-state index in [-0.39, 0.29) is 28.9 Å². The van der Waals surface area contributed by atoms with Crippen molar-refractivity contribution in [2.24, 2.45) is 0 Å². The number of likely N-dealkylation sites (N-methyl/N-ethyl adjacent to an activating group) is 1. The first-order valence-electron chi connectivity index (χ1n) is 8.20. The number of carbonyl (C=O) groups is 2. The third-order valence-electron chi connectivity index (χ3n) is 4.89. The molecule has 1 atom stereocenters. The Balaban J connectivity index is 1.52. The number of rotatable bonds is 3. The molecule has 0 bridgehead atoms. The van der Waals surface area contributed by atoms with Crippen LogP contribution in [0.3, 0.4) is 0 Å². The van der Waals surface area contributed by atoms with E-state index in [4.69, 9.17) is 11.6 Å². The number of likely N-dealkylation sites (tertiary alicyclic amines) is 2. The maximum Gasteiger partial charge on any atom is 0.251 e. The monoisotopic (exact) mass is 353 g/mol. The molecule has 3 rings (SSSR count). The highest BCUT2D eigenvalue weighted by Gasteiger charge is 2.35. The molecule has 1 aromatic carbocycles. The number of nitrogens with one attached hydrogen (secondary N) is 1. The van der Waals surface area contributed by atoms with Gasteiger partial charge in [0.05, 0.1) is 11.1 Å². The zero-order valence-electron chi connectivity index (χ0n) is 13.6. The number of carbonyl (C=O) groups excluding carboxylic acids is 2. The van der Waals surface area contributed by atoms with Crippen LogP contribution in [0.4, 0.5) is 4.39 Å². The molecule has 0 aromatic heterocycles. The van der Waals surface area contributed by atoms with E-state index in [1.807, 2.05) is 7.05 Å². The molecule has 2 aliphatic heterocycles. The lowest BCUT2D eigenvalue weighted by Crippen LogP contribution is -2.50. The largest absolute Gasteiger partial charge is 0.349 e. The summed E-state index contributed by atoms with van der Waals surface area (Å²) in [6.45, 7) is 2.39. The van der Waals surface area contributed by atoms with E-state index < -0.39 is 5.82 Å². The molecule has 2 saturated heterocycles. The first-order valence-corrected chi connectivity index (χ1v) is 8.58. The van der Waals surface area contributed by atoms with Crippen LogP contribution in [0.2, 0.25) is 5.02 Å². The lowest BCUT2D eigenvalue weighted by atomic mass is 10.0. The topological polar surface area (TPSA) is 52.6 Å². The molecule has 1 aromatic rings. The Bertz CT molecular complexity index is 647. The van der Waals surface area contributed by atoms with Crippen molar-refractivity contribution in [1.29, 1.82) is 0 Å². The zero-order valence-corrected chi connectivity index (χ0v) is 14.4. The average molecular weight is 354 g/mol. The predicted octanol–water partition coefficient (Wildman–Crippen LogP) is 1.90. The molecule has 1 N–H and O–H groups in total. The van der Waals surface area contributed by atoms with Gasteiger partial charge >= 0.3 is 0 Å². The third kappa shape index (κ3) is 3.54. The van der Waals surface area contributed by atoms with Crippen molar-refractivity contribution in [3.8, 4) is 0 Å². The summed E-state index contributed by atoms with van der Waals surface area (Å²) in [5.74, 6) is -0.585. The van der Waals surface area contributed by atoms with Crippen LogP contribution in [0.1, 0.15) is 29.6 Å². The van der Waals surface area contributed by atoms with Gasteiger partial charge in [0.2, 0.25) is 5.91 Å². The van der Waals surface area contributed by atoms with Gasteiger partial charge in [0.15, 0.2) is 0 Å². The summed E-state index contributed by atoms with van der Waals surface area (Å²) < 4.78 is 13.2. The molecular formula is C17H21ClFN3O2. The lowest BCUT2D eigenvalue weighted by molar-refractivity contribution is -0.131. The summed E-state index contributed by atoms with van der Waals surface area (Å²) in [6, 6.07) is 4.02. The van der Waals surface area contributed by atoms with Crippen molar-refractivity contribution in [3.05, 3.63) is 34.6 Å². The zero-order chi connectivity index (χ0) is 17.3. The van der Waals surface area contributed by atoms with Crippen molar-refractivity contribution in [2.45, 2.75) is 31.3 Å². The number of piperidine rings is 1. The molecule has 2 heterocycles. The van der Waals surface area contributed by atoms with Gasteiger partial charge in [0, 0.05) is 38.3 Å². The van der Waals surface area contributed by atoms with Gasteiger partial charge in [-0.2, -0.15) is 0 Å². The van der Waals surface area contributed by atoms with Crippen LogP contribution in [0.25, 0.3) is 0 Å². The Morgan fingerprint density at radius 3 is 2.54 bits per heavy atom. The van der Waals surface area contributed by atoms with Crippen molar-refractivity contribution in [1.82, 2.24) is 15.1 Å². The maximum absolute atomic E-state index is 13.2. The second kappa shape index (κ2) is 7.07. The van der Waals surface area contributed by atoms with E-state index in [9.17, 15) is 14.0 Å². The Labute approximate surface area is 145 Å². The van der Waals surface area contributed by atoms with Gasteiger partial charge < -0.3 is 10.2 Å². The molecule has 2 fully saturated rings. The van der Waals surface area contributed by atoms with Gasteiger partial charge in [-0.15, -0.1) is 0 Å². The van der Waals surface area contributed by atoms with E-state index in [2.05, 4.69) is 10.2 Å². The van der Waals surface area contributed by atoms with Gasteiger partial charge in [0.25, 0.3) is 5.91 Å². The molecule has 0 radical (unpaired) electrons. The van der Waals surface area contributed by atoms with Crippen LogP contribution >= 0.6 is 11.6 Å². The van der Waals surface area contributed by atoms with Crippen molar-refractivity contribution < 1.29 is 14.0 Å². The molecule has 0 saturated carbocycles. The first kappa shape index (κ1) is 17.2. The van der Waals surface area contributed by atoms with Crippen LogP contribution in [-0.2, 0) is 4.79 Å². The molecule has 2 amide bonds. The molecule has 0 aliphatic carbocycles. The average Bonchev–Trinajstić information content (AvgIpc) is 2.90. The smallest absolute Gasteiger partial charge is 0.251 e. The van der Waals surface area contributed by atoms with Crippen molar-refractivity contribution in [2.75, 3.05) is 26.7 Å². The van der Waals surface area contributed by atoms with E-state index >= 15 is 0 Å². The minimum Gasteiger partial charge on any atom is -0.349 e. The Morgan fingerprint density at radius 2 is 1.96 bits per heavy atom. The summed E-state index contributed by atoms with van der Waals surface area (Å²) in [5.41, 5.74) is 0.358. The third-order valence-corrected chi connectivity index (χ3v) is 5.18. The molecule has 5 nitrogen and oxygen atoms in total. The quantitative estimate of drug-likeness (QED) is 0.903. The lowest BCUT2D eigenvalue weighted by Gasteiger charge is -2.35. The summed E-state index contributed by atoms with van der Waals surface area (Å²) in [7, 11) is 1.84. The molecule has 7 heteroatoms. The SMILES string of the molecule is CN1CCC(N2CCC(NC(=O)c3ccc(F)c(Cl)c3)CC2)C1=O. The molecule has 2 aliphatic rings. The van der Waals surface area contributed by atoms with E-state index in [1.165, 1.54) is 18.2 Å².